The Balaban J connectivity index is 2.77. The lowest BCUT2D eigenvalue weighted by atomic mass is 10.1. The van der Waals surface area contributed by atoms with Gasteiger partial charge >= 0.3 is 0 Å². The van der Waals surface area contributed by atoms with Gasteiger partial charge in [0.2, 0.25) is 0 Å². The molecule has 0 bridgehead atoms. The first-order chi connectivity index (χ1) is 8.10. The molecule has 1 aromatic rings. The quantitative estimate of drug-likeness (QED) is 0.689. The van der Waals surface area contributed by atoms with E-state index >= 15 is 0 Å². The molecule has 0 N–H and O–H groups in total. The van der Waals surface area contributed by atoms with Crippen LogP contribution in [0.3, 0.4) is 0 Å². The number of rotatable bonds is 6. The average Bonchev–Trinajstić information content (AvgIpc) is 2.34. The summed E-state index contributed by atoms with van der Waals surface area (Å²) in [5.74, 6) is 1.76. The van der Waals surface area contributed by atoms with E-state index in [-0.39, 0.29) is 0 Å². The Labute approximate surface area is 122 Å². The van der Waals surface area contributed by atoms with E-state index in [1.807, 2.05) is 11.8 Å². The fourth-order valence-corrected chi connectivity index (χ4v) is 3.09. The molecule has 0 aliphatic rings. The van der Waals surface area contributed by atoms with E-state index in [9.17, 15) is 0 Å². The third kappa shape index (κ3) is 4.38. The van der Waals surface area contributed by atoms with Crippen LogP contribution >= 0.6 is 39.3 Å². The lowest BCUT2D eigenvalue weighted by Gasteiger charge is -2.28. The number of hydrogen-bond donors (Lipinski definition) is 0. The smallest absolute Gasteiger partial charge is 0.0510 e. The molecule has 0 radical (unpaired) electrons. The highest BCUT2D eigenvalue weighted by atomic mass is 79.9. The monoisotopic (exact) mass is 335 g/mol. The summed E-state index contributed by atoms with van der Waals surface area (Å²) in [5, 5.41) is 0. The molecular weight excluding hydrogens is 318 g/mol. The van der Waals surface area contributed by atoms with Crippen LogP contribution in [0.15, 0.2) is 22.7 Å². The van der Waals surface area contributed by atoms with Crippen molar-refractivity contribution in [2.45, 2.75) is 25.3 Å². The summed E-state index contributed by atoms with van der Waals surface area (Å²) in [6, 6.07) is 6.86. The van der Waals surface area contributed by atoms with Crippen molar-refractivity contribution in [1.82, 2.24) is 0 Å². The number of hydrogen-bond acceptors (Lipinski definition) is 2. The van der Waals surface area contributed by atoms with Gasteiger partial charge in [0, 0.05) is 23.4 Å². The van der Waals surface area contributed by atoms with E-state index in [0.29, 0.717) is 11.9 Å². The molecule has 96 valence electrons. The van der Waals surface area contributed by atoms with Gasteiger partial charge in [0.1, 0.15) is 0 Å². The van der Waals surface area contributed by atoms with Gasteiger partial charge in [-0.1, -0.05) is 6.07 Å². The minimum absolute atomic E-state index is 0.542. The summed E-state index contributed by atoms with van der Waals surface area (Å²) < 4.78 is 1.12. The normalized spacial score (nSPS) is 12.5. The predicted octanol–water partition coefficient (Wildman–Crippen LogP) is 4.77. The summed E-state index contributed by atoms with van der Waals surface area (Å²) in [6.07, 6.45) is 3.35. The molecule has 4 heteroatoms. The molecule has 1 atom stereocenters. The van der Waals surface area contributed by atoms with Gasteiger partial charge in [-0.3, -0.25) is 0 Å². The van der Waals surface area contributed by atoms with Crippen LogP contribution in [0.5, 0.6) is 0 Å². The number of nitrogens with zero attached hydrogens (tertiary/aromatic N) is 1. The Morgan fingerprint density at radius 1 is 1.47 bits per heavy atom. The van der Waals surface area contributed by atoms with E-state index in [1.54, 1.807) is 0 Å². The molecule has 1 aromatic carbocycles. The van der Waals surface area contributed by atoms with Crippen molar-refractivity contribution in [2.75, 3.05) is 24.0 Å². The lowest BCUT2D eigenvalue weighted by Crippen LogP contribution is -2.29. The number of halogens is 2. The van der Waals surface area contributed by atoms with Crippen LogP contribution in [0, 0.1) is 0 Å². The summed E-state index contributed by atoms with van der Waals surface area (Å²) in [7, 11) is 2.14. The maximum Gasteiger partial charge on any atom is 0.0510 e. The fourth-order valence-electron chi connectivity index (χ4n) is 1.64. The van der Waals surface area contributed by atoms with E-state index in [2.05, 4.69) is 59.3 Å². The van der Waals surface area contributed by atoms with E-state index < -0.39 is 0 Å². The molecule has 0 aliphatic heterocycles. The molecule has 0 aromatic heterocycles. The van der Waals surface area contributed by atoms with Gasteiger partial charge in [0.05, 0.1) is 5.69 Å². The number of anilines is 1. The molecule has 0 saturated heterocycles. The second-order valence-electron chi connectivity index (χ2n) is 4.16. The first-order valence-electron chi connectivity index (χ1n) is 5.66. The van der Waals surface area contributed by atoms with Crippen LogP contribution in [0.4, 0.5) is 5.69 Å². The third-order valence-electron chi connectivity index (χ3n) is 2.95. The van der Waals surface area contributed by atoms with Crippen molar-refractivity contribution in [3.8, 4) is 0 Å². The van der Waals surface area contributed by atoms with Gasteiger partial charge < -0.3 is 4.90 Å². The molecule has 1 nitrogen and oxygen atoms in total. The number of benzene rings is 1. The Bertz CT molecular complexity index is 359. The first-order valence-corrected chi connectivity index (χ1v) is 8.38. The predicted molar refractivity (Wildman–Crippen MR) is 84.6 cm³/mol. The summed E-state index contributed by atoms with van der Waals surface area (Å²) in [4.78, 5) is 2.32. The highest BCUT2D eigenvalue weighted by molar-refractivity contribution is 9.10. The minimum atomic E-state index is 0.542. The SMILES string of the molecule is CSCCC(C)N(C)c1ccc(CCl)cc1Br. The molecule has 1 unspecified atom stereocenters. The zero-order valence-electron chi connectivity index (χ0n) is 10.5. The van der Waals surface area contributed by atoms with Crippen molar-refractivity contribution in [2.24, 2.45) is 0 Å². The van der Waals surface area contributed by atoms with Crippen molar-refractivity contribution in [3.63, 3.8) is 0 Å². The van der Waals surface area contributed by atoms with Crippen LogP contribution in [-0.2, 0) is 5.88 Å². The Hall–Kier alpha value is 0.140. The van der Waals surface area contributed by atoms with Crippen LogP contribution in [-0.4, -0.2) is 25.1 Å². The molecule has 0 spiro atoms. The Morgan fingerprint density at radius 2 is 2.18 bits per heavy atom. The Morgan fingerprint density at radius 3 is 2.71 bits per heavy atom. The van der Waals surface area contributed by atoms with Crippen molar-refractivity contribution >= 4 is 45.0 Å². The molecule has 1 rings (SSSR count). The summed E-state index contributed by atoms with van der Waals surface area (Å²) in [5.41, 5.74) is 2.37. The Kier molecular flexibility index (Phi) is 6.75. The van der Waals surface area contributed by atoms with Crippen LogP contribution in [0.2, 0.25) is 0 Å². The van der Waals surface area contributed by atoms with E-state index in [0.717, 1.165) is 10.0 Å². The minimum Gasteiger partial charge on any atom is -0.371 e. The van der Waals surface area contributed by atoms with Crippen LogP contribution in [0.1, 0.15) is 18.9 Å². The zero-order valence-corrected chi connectivity index (χ0v) is 13.7. The van der Waals surface area contributed by atoms with Crippen LogP contribution in [0.25, 0.3) is 0 Å². The van der Waals surface area contributed by atoms with Gasteiger partial charge in [-0.15, -0.1) is 11.6 Å². The zero-order chi connectivity index (χ0) is 12.8. The second kappa shape index (κ2) is 7.55. The first kappa shape index (κ1) is 15.2. The largest absolute Gasteiger partial charge is 0.371 e. The van der Waals surface area contributed by atoms with E-state index in [4.69, 9.17) is 11.6 Å². The highest BCUT2D eigenvalue weighted by Gasteiger charge is 2.12. The van der Waals surface area contributed by atoms with Crippen LogP contribution < -0.4 is 4.90 Å². The molecule has 17 heavy (non-hydrogen) atoms. The van der Waals surface area contributed by atoms with Gasteiger partial charge in [0.25, 0.3) is 0 Å². The van der Waals surface area contributed by atoms with E-state index in [1.165, 1.54) is 17.9 Å². The van der Waals surface area contributed by atoms with Gasteiger partial charge in [-0.25, -0.2) is 0 Å². The number of thioether (sulfide) groups is 1. The molecular formula is C13H19BrClNS. The molecule has 0 heterocycles. The summed E-state index contributed by atoms with van der Waals surface area (Å²) >= 11 is 11.3. The van der Waals surface area contributed by atoms with Gasteiger partial charge in [0.15, 0.2) is 0 Å². The van der Waals surface area contributed by atoms with Crippen molar-refractivity contribution < 1.29 is 0 Å². The second-order valence-corrected chi connectivity index (χ2v) is 6.27. The molecule has 0 amide bonds. The van der Waals surface area contributed by atoms with Gasteiger partial charge in [-0.05, 0) is 59.0 Å². The fraction of sp³-hybridized carbons (Fsp3) is 0.538. The van der Waals surface area contributed by atoms with Crippen molar-refractivity contribution in [1.29, 1.82) is 0 Å². The molecule has 0 aliphatic carbocycles. The standard InChI is InChI=1S/C13H19BrClNS/c1-10(6-7-17-3)16(2)13-5-4-11(9-15)8-12(13)14/h4-5,8,10H,6-7,9H2,1-3H3. The maximum atomic E-state index is 5.82. The third-order valence-corrected chi connectivity index (χ3v) is 4.54. The maximum absolute atomic E-state index is 5.82. The lowest BCUT2D eigenvalue weighted by molar-refractivity contribution is 0.668. The van der Waals surface area contributed by atoms with Crippen molar-refractivity contribution in [3.05, 3.63) is 28.2 Å². The number of alkyl halides is 1. The topological polar surface area (TPSA) is 3.24 Å². The summed E-state index contributed by atoms with van der Waals surface area (Å²) in [6.45, 7) is 2.26. The highest BCUT2D eigenvalue weighted by Crippen LogP contribution is 2.29. The van der Waals surface area contributed by atoms with Gasteiger partial charge in [-0.2, -0.15) is 11.8 Å². The average molecular weight is 337 g/mol. The molecule has 0 saturated carbocycles. The molecule has 0 fully saturated rings.